The van der Waals surface area contributed by atoms with Crippen molar-refractivity contribution < 1.29 is 4.79 Å². The van der Waals surface area contributed by atoms with Crippen LogP contribution in [0.2, 0.25) is 5.02 Å². The molecule has 0 fully saturated rings. The van der Waals surface area contributed by atoms with Gasteiger partial charge in [-0.2, -0.15) is 0 Å². The largest absolute Gasteiger partial charge is 0.399 e. The van der Waals surface area contributed by atoms with E-state index >= 15 is 0 Å². The zero-order valence-electron chi connectivity index (χ0n) is 12.4. The Morgan fingerprint density at radius 3 is 2.45 bits per heavy atom. The van der Waals surface area contributed by atoms with Crippen molar-refractivity contribution in [3.63, 3.8) is 0 Å². The second-order valence-electron chi connectivity index (χ2n) is 5.00. The molecule has 0 heterocycles. The highest BCUT2D eigenvalue weighted by atomic mass is 35.5. The molecule has 1 atom stereocenters. The quantitative estimate of drug-likeness (QED) is 0.624. The topological polar surface area (TPSA) is 55.1 Å². The summed E-state index contributed by atoms with van der Waals surface area (Å²) in [5.74, 6) is 0.0378. The molecule has 0 aliphatic carbocycles. The van der Waals surface area contributed by atoms with Gasteiger partial charge < -0.3 is 11.1 Å². The fraction of sp³-hybridized carbons (Fsp3) is 0.235. The van der Waals surface area contributed by atoms with Crippen LogP contribution in [0.25, 0.3) is 0 Å². The van der Waals surface area contributed by atoms with Crippen LogP contribution in [-0.4, -0.2) is 17.7 Å². The Labute approximate surface area is 140 Å². The molecular weight excluding hydrogens is 316 g/mol. The molecular formula is C17H19ClN2OS. The summed E-state index contributed by atoms with van der Waals surface area (Å²) in [5.41, 5.74) is 7.53. The summed E-state index contributed by atoms with van der Waals surface area (Å²) in [6.45, 7) is 2.52. The Bertz CT molecular complexity index is 614. The highest BCUT2D eigenvalue weighted by molar-refractivity contribution is 8.00. The summed E-state index contributed by atoms with van der Waals surface area (Å²) in [7, 11) is 0. The van der Waals surface area contributed by atoms with Gasteiger partial charge >= 0.3 is 0 Å². The van der Waals surface area contributed by atoms with Gasteiger partial charge in [-0.1, -0.05) is 23.7 Å². The third-order valence-electron chi connectivity index (χ3n) is 3.19. The van der Waals surface area contributed by atoms with Crippen molar-refractivity contribution in [2.45, 2.75) is 23.5 Å². The van der Waals surface area contributed by atoms with Crippen LogP contribution in [0.3, 0.4) is 0 Å². The number of nitrogen functional groups attached to an aromatic ring is 1. The first-order valence-corrected chi connectivity index (χ1v) is 8.35. The maximum absolute atomic E-state index is 12.1. The third-order valence-corrected chi connectivity index (χ3v) is 4.55. The molecule has 0 saturated heterocycles. The number of thioether (sulfide) groups is 1. The molecule has 116 valence electrons. The SMILES string of the molecule is CC(Sc1ccc(N)cc1)C(=O)NCCc1ccc(Cl)cc1. The summed E-state index contributed by atoms with van der Waals surface area (Å²) in [6.07, 6.45) is 0.794. The van der Waals surface area contributed by atoms with Gasteiger partial charge in [0.2, 0.25) is 5.91 Å². The van der Waals surface area contributed by atoms with Gasteiger partial charge in [-0.25, -0.2) is 0 Å². The number of carbonyl (C=O) groups is 1. The van der Waals surface area contributed by atoms with Gasteiger partial charge in [0.15, 0.2) is 0 Å². The normalized spacial score (nSPS) is 11.9. The van der Waals surface area contributed by atoms with Crippen LogP contribution < -0.4 is 11.1 Å². The molecule has 0 spiro atoms. The first kappa shape index (κ1) is 16.7. The number of benzene rings is 2. The lowest BCUT2D eigenvalue weighted by molar-refractivity contribution is -0.120. The van der Waals surface area contributed by atoms with Crippen LogP contribution >= 0.6 is 23.4 Å². The zero-order chi connectivity index (χ0) is 15.9. The second-order valence-corrected chi connectivity index (χ2v) is 6.85. The van der Waals surface area contributed by atoms with Crippen molar-refractivity contribution in [2.24, 2.45) is 0 Å². The van der Waals surface area contributed by atoms with E-state index in [4.69, 9.17) is 17.3 Å². The van der Waals surface area contributed by atoms with Crippen molar-refractivity contribution in [1.29, 1.82) is 0 Å². The predicted octanol–water partition coefficient (Wildman–Crippen LogP) is 3.76. The Kier molecular flexibility index (Phi) is 6.16. The molecule has 1 amide bonds. The number of nitrogens with two attached hydrogens (primary N) is 1. The molecule has 1 unspecified atom stereocenters. The molecule has 5 heteroatoms. The third kappa shape index (κ3) is 5.28. The van der Waals surface area contributed by atoms with Gasteiger partial charge in [0.1, 0.15) is 0 Å². The summed E-state index contributed by atoms with van der Waals surface area (Å²) in [5, 5.41) is 3.54. The van der Waals surface area contributed by atoms with E-state index in [2.05, 4.69) is 5.32 Å². The molecule has 0 aliphatic rings. The first-order valence-electron chi connectivity index (χ1n) is 7.09. The predicted molar refractivity (Wildman–Crippen MR) is 94.3 cm³/mol. The molecule has 0 radical (unpaired) electrons. The minimum atomic E-state index is -0.145. The molecule has 2 aromatic carbocycles. The first-order chi connectivity index (χ1) is 10.5. The van der Waals surface area contributed by atoms with Crippen LogP contribution in [0.5, 0.6) is 0 Å². The minimum absolute atomic E-state index is 0.0378. The monoisotopic (exact) mass is 334 g/mol. The molecule has 2 rings (SSSR count). The summed E-state index contributed by atoms with van der Waals surface area (Å²) >= 11 is 7.37. The van der Waals surface area contributed by atoms with Gasteiger partial charge in [-0.3, -0.25) is 4.79 Å². The number of rotatable bonds is 6. The maximum Gasteiger partial charge on any atom is 0.233 e. The minimum Gasteiger partial charge on any atom is -0.399 e. The Morgan fingerprint density at radius 2 is 1.82 bits per heavy atom. The molecule has 3 nitrogen and oxygen atoms in total. The van der Waals surface area contributed by atoms with Crippen LogP contribution in [0, 0.1) is 0 Å². The lowest BCUT2D eigenvalue weighted by Gasteiger charge is -2.12. The van der Waals surface area contributed by atoms with Crippen LogP contribution in [0.4, 0.5) is 5.69 Å². The van der Waals surface area contributed by atoms with Gasteiger partial charge in [0, 0.05) is 22.2 Å². The Morgan fingerprint density at radius 1 is 1.18 bits per heavy atom. The fourth-order valence-electron chi connectivity index (χ4n) is 1.93. The van der Waals surface area contributed by atoms with Crippen LogP contribution in [-0.2, 0) is 11.2 Å². The Balaban J connectivity index is 1.76. The highest BCUT2D eigenvalue weighted by Crippen LogP contribution is 2.24. The number of nitrogens with one attached hydrogen (secondary N) is 1. The number of hydrogen-bond acceptors (Lipinski definition) is 3. The summed E-state index contributed by atoms with van der Waals surface area (Å²) < 4.78 is 0. The fourth-order valence-corrected chi connectivity index (χ4v) is 2.95. The van der Waals surface area contributed by atoms with Crippen molar-refractivity contribution in [3.8, 4) is 0 Å². The number of hydrogen-bond donors (Lipinski definition) is 2. The molecule has 2 aromatic rings. The van der Waals surface area contributed by atoms with E-state index in [0.29, 0.717) is 6.54 Å². The van der Waals surface area contributed by atoms with Crippen molar-refractivity contribution in [3.05, 3.63) is 59.1 Å². The Hall–Kier alpha value is -1.65. The number of halogens is 1. The van der Waals surface area contributed by atoms with E-state index < -0.39 is 0 Å². The van der Waals surface area contributed by atoms with Gasteiger partial charge in [-0.15, -0.1) is 11.8 Å². The molecule has 3 N–H and O–H groups in total. The van der Waals surface area contributed by atoms with Crippen LogP contribution in [0.1, 0.15) is 12.5 Å². The van der Waals surface area contributed by atoms with Crippen molar-refractivity contribution >= 4 is 35.0 Å². The highest BCUT2D eigenvalue weighted by Gasteiger charge is 2.13. The van der Waals surface area contributed by atoms with E-state index in [1.807, 2.05) is 55.5 Å². The second kappa shape index (κ2) is 8.11. The van der Waals surface area contributed by atoms with Gasteiger partial charge in [-0.05, 0) is 55.3 Å². The molecule has 0 bridgehead atoms. The maximum atomic E-state index is 12.1. The van der Waals surface area contributed by atoms with E-state index in [1.165, 1.54) is 11.8 Å². The summed E-state index contributed by atoms with van der Waals surface area (Å²) in [6, 6.07) is 15.2. The molecule has 0 aromatic heterocycles. The van der Waals surface area contributed by atoms with Gasteiger partial charge in [0.05, 0.1) is 5.25 Å². The zero-order valence-corrected chi connectivity index (χ0v) is 14.0. The van der Waals surface area contributed by atoms with Gasteiger partial charge in [0.25, 0.3) is 0 Å². The van der Waals surface area contributed by atoms with Crippen LogP contribution in [0.15, 0.2) is 53.4 Å². The van der Waals surface area contributed by atoms with Crippen molar-refractivity contribution in [2.75, 3.05) is 12.3 Å². The lowest BCUT2D eigenvalue weighted by Crippen LogP contribution is -2.32. The lowest BCUT2D eigenvalue weighted by atomic mass is 10.1. The molecule has 0 aliphatic heterocycles. The average molecular weight is 335 g/mol. The average Bonchev–Trinajstić information content (AvgIpc) is 2.51. The van der Waals surface area contributed by atoms with E-state index in [0.717, 1.165) is 27.6 Å². The number of carbonyl (C=O) groups excluding carboxylic acids is 1. The summed E-state index contributed by atoms with van der Waals surface area (Å²) in [4.78, 5) is 13.1. The molecule has 22 heavy (non-hydrogen) atoms. The standard InChI is InChI=1S/C17H19ClN2OS/c1-12(22-16-8-6-15(19)7-9-16)17(21)20-11-10-13-2-4-14(18)5-3-13/h2-9,12H,10-11,19H2,1H3,(H,20,21). The van der Waals surface area contributed by atoms with E-state index in [1.54, 1.807) is 0 Å². The number of anilines is 1. The van der Waals surface area contributed by atoms with E-state index in [-0.39, 0.29) is 11.2 Å². The van der Waals surface area contributed by atoms with Crippen molar-refractivity contribution in [1.82, 2.24) is 5.32 Å². The smallest absolute Gasteiger partial charge is 0.233 e. The molecule has 0 saturated carbocycles. The van der Waals surface area contributed by atoms with E-state index in [9.17, 15) is 4.79 Å². The number of amides is 1.